The first-order chi connectivity index (χ1) is 30.6. The second-order valence-electron chi connectivity index (χ2n) is 18.5. The van der Waals surface area contributed by atoms with E-state index in [4.69, 9.17) is 18.5 Å². The Morgan fingerprint density at radius 2 is 0.873 bits per heavy atom. The van der Waals surface area contributed by atoms with E-state index in [1.807, 2.05) is 21.1 Å². The van der Waals surface area contributed by atoms with Gasteiger partial charge >= 0.3 is 5.97 Å². The summed E-state index contributed by atoms with van der Waals surface area (Å²) in [5.41, 5.74) is 0. The maximum atomic E-state index is 12.7. The number of carbonyl (C=O) groups excluding carboxylic acids is 1. The van der Waals surface area contributed by atoms with Crippen LogP contribution in [-0.2, 0) is 27.9 Å². The van der Waals surface area contributed by atoms with Crippen molar-refractivity contribution in [1.29, 1.82) is 0 Å². The van der Waals surface area contributed by atoms with Crippen LogP contribution < -0.4 is 4.89 Å². The second-order valence-corrected chi connectivity index (χ2v) is 19.9. The smallest absolute Gasteiger partial charge is 0.306 e. The van der Waals surface area contributed by atoms with Gasteiger partial charge in [-0.2, -0.15) is 0 Å². The topological polar surface area (TPSA) is 94.1 Å². The number of rotatable bonds is 48. The predicted molar refractivity (Wildman–Crippen MR) is 268 cm³/mol. The van der Waals surface area contributed by atoms with Crippen LogP contribution in [0.5, 0.6) is 0 Å². The molecule has 2 atom stereocenters. The zero-order valence-corrected chi connectivity index (χ0v) is 42.7. The van der Waals surface area contributed by atoms with Crippen molar-refractivity contribution < 1.29 is 37.3 Å². The van der Waals surface area contributed by atoms with Gasteiger partial charge in [0.15, 0.2) is 0 Å². The van der Waals surface area contributed by atoms with Crippen LogP contribution in [0.3, 0.4) is 0 Å². The highest BCUT2D eigenvalue weighted by molar-refractivity contribution is 7.45. The Morgan fingerprint density at radius 3 is 1.33 bits per heavy atom. The fourth-order valence-electron chi connectivity index (χ4n) is 7.00. The summed E-state index contributed by atoms with van der Waals surface area (Å²) in [5.74, 6) is -0.344. The van der Waals surface area contributed by atoms with Gasteiger partial charge in [0, 0.05) is 13.0 Å². The van der Waals surface area contributed by atoms with Crippen molar-refractivity contribution in [2.24, 2.45) is 0 Å². The Bertz CT molecular complexity index is 1190. The number of allylic oxidation sites excluding steroid dienone is 10. The molecule has 0 aliphatic carbocycles. The van der Waals surface area contributed by atoms with E-state index >= 15 is 0 Å². The Labute approximate surface area is 390 Å². The van der Waals surface area contributed by atoms with E-state index in [2.05, 4.69) is 74.6 Å². The molecule has 0 radical (unpaired) electrons. The van der Waals surface area contributed by atoms with Crippen molar-refractivity contribution in [3.8, 4) is 0 Å². The number of likely N-dealkylation sites (N-methyl/N-ethyl adjacent to an activating group) is 1. The molecule has 2 unspecified atom stereocenters. The number of ether oxygens (including phenoxy) is 2. The summed E-state index contributed by atoms with van der Waals surface area (Å²) < 4.78 is 34.7. The molecular weight excluding hydrogens is 806 g/mol. The van der Waals surface area contributed by atoms with Crippen LogP contribution in [0.15, 0.2) is 60.8 Å². The minimum absolute atomic E-state index is 0.0211. The minimum atomic E-state index is -4.54. The van der Waals surface area contributed by atoms with E-state index < -0.39 is 13.9 Å². The zero-order valence-electron chi connectivity index (χ0n) is 41.8. The number of phosphoric ester groups is 1. The molecule has 368 valence electrons. The third kappa shape index (κ3) is 51.1. The molecule has 0 aliphatic heterocycles. The Kier molecular flexibility index (Phi) is 45.4. The summed E-state index contributed by atoms with van der Waals surface area (Å²) in [4.78, 5) is 25.2. The highest BCUT2D eigenvalue weighted by Crippen LogP contribution is 2.38. The van der Waals surface area contributed by atoms with Crippen molar-refractivity contribution in [3.05, 3.63) is 60.8 Å². The standard InChI is InChI=1S/C54H100NO7P/c1-6-8-10-12-14-16-18-20-22-24-25-26-27-28-29-30-32-34-36-38-40-42-44-46-49-59-51-53(52-61-63(57,58)60-50-48-55(3,4)5)62-54(56)47-45-43-41-39-37-35-33-31-23-21-19-17-15-13-11-9-7-2/h15,17-18,20-21,23-25,27-28,53H,6-14,16,19,22,26,29-52H2,1-5H3/b17-15-,20-18-,23-21-,25-24-,28-27-. The van der Waals surface area contributed by atoms with Crippen molar-refractivity contribution in [3.63, 3.8) is 0 Å². The second kappa shape index (κ2) is 46.7. The van der Waals surface area contributed by atoms with Crippen molar-refractivity contribution >= 4 is 13.8 Å². The molecule has 0 bridgehead atoms. The molecule has 0 spiro atoms. The van der Waals surface area contributed by atoms with Crippen LogP contribution in [0.4, 0.5) is 0 Å². The largest absolute Gasteiger partial charge is 0.756 e. The van der Waals surface area contributed by atoms with Gasteiger partial charge in [-0.25, -0.2) is 0 Å². The molecule has 0 aromatic heterocycles. The lowest BCUT2D eigenvalue weighted by molar-refractivity contribution is -0.870. The third-order valence-electron chi connectivity index (χ3n) is 11.0. The maximum absolute atomic E-state index is 12.7. The molecule has 0 saturated carbocycles. The number of nitrogens with zero attached hydrogens (tertiary/aromatic N) is 1. The lowest BCUT2D eigenvalue weighted by atomic mass is 10.1. The van der Waals surface area contributed by atoms with Crippen molar-refractivity contribution in [1.82, 2.24) is 0 Å². The highest BCUT2D eigenvalue weighted by atomic mass is 31.2. The van der Waals surface area contributed by atoms with Crippen LogP contribution in [0.2, 0.25) is 0 Å². The summed E-state index contributed by atoms with van der Waals surface area (Å²) >= 11 is 0. The first-order valence-electron chi connectivity index (χ1n) is 26.0. The van der Waals surface area contributed by atoms with E-state index in [-0.39, 0.29) is 25.8 Å². The molecule has 0 aliphatic rings. The fourth-order valence-corrected chi connectivity index (χ4v) is 7.72. The molecule has 0 aromatic rings. The van der Waals surface area contributed by atoms with Gasteiger partial charge in [0.1, 0.15) is 19.3 Å². The quantitative estimate of drug-likeness (QED) is 0.0197. The molecular formula is C54H100NO7P. The van der Waals surface area contributed by atoms with Crippen LogP contribution in [0.1, 0.15) is 219 Å². The molecule has 0 fully saturated rings. The molecule has 63 heavy (non-hydrogen) atoms. The highest BCUT2D eigenvalue weighted by Gasteiger charge is 2.20. The number of hydrogen-bond acceptors (Lipinski definition) is 7. The Hall–Kier alpha value is -1.80. The normalized spacial score (nSPS) is 14.1. The lowest BCUT2D eigenvalue weighted by Gasteiger charge is -2.28. The maximum Gasteiger partial charge on any atom is 0.306 e. The van der Waals surface area contributed by atoms with Gasteiger partial charge in [-0.1, -0.05) is 190 Å². The van der Waals surface area contributed by atoms with Crippen LogP contribution >= 0.6 is 7.82 Å². The SMILES string of the molecule is CCCCC/C=C\C/C=C\CCCCCCCCCC(=O)OC(COCCCCCCCCCCC/C=C\C/C=C\C/C=C\CCCCCCC)COP(=O)([O-])OCC[N+](C)(C)C. The number of quaternary nitrogens is 1. The monoisotopic (exact) mass is 906 g/mol. The van der Waals surface area contributed by atoms with Gasteiger partial charge in [-0.3, -0.25) is 9.36 Å². The van der Waals surface area contributed by atoms with E-state index in [1.54, 1.807) is 0 Å². The average molecular weight is 906 g/mol. The summed E-state index contributed by atoms with van der Waals surface area (Å²) in [6.45, 7) is 5.36. The molecule has 0 aromatic carbocycles. The van der Waals surface area contributed by atoms with E-state index in [0.29, 0.717) is 24.1 Å². The molecule has 8 nitrogen and oxygen atoms in total. The molecule has 9 heteroatoms. The van der Waals surface area contributed by atoms with Crippen molar-refractivity contribution in [2.75, 3.05) is 54.1 Å². The number of hydrogen-bond donors (Lipinski definition) is 0. The third-order valence-corrected chi connectivity index (χ3v) is 12.0. The predicted octanol–water partition coefficient (Wildman–Crippen LogP) is 15.4. The Balaban J connectivity index is 4.15. The van der Waals surface area contributed by atoms with Crippen LogP contribution in [0.25, 0.3) is 0 Å². The summed E-state index contributed by atoms with van der Waals surface area (Å²) in [7, 11) is 1.34. The fraction of sp³-hybridized carbons (Fsp3) is 0.796. The van der Waals surface area contributed by atoms with Crippen LogP contribution in [-0.4, -0.2) is 70.7 Å². The van der Waals surface area contributed by atoms with Gasteiger partial charge < -0.3 is 27.9 Å². The summed E-state index contributed by atoms with van der Waals surface area (Å²) in [6.07, 6.45) is 59.5. The van der Waals surface area contributed by atoms with Crippen LogP contribution in [0, 0.1) is 0 Å². The minimum Gasteiger partial charge on any atom is -0.756 e. The first kappa shape index (κ1) is 61.2. The number of carbonyl (C=O) groups is 1. The van der Waals surface area contributed by atoms with E-state index in [0.717, 1.165) is 57.8 Å². The van der Waals surface area contributed by atoms with Gasteiger partial charge in [0.05, 0.1) is 34.4 Å². The van der Waals surface area contributed by atoms with Gasteiger partial charge in [-0.15, -0.1) is 0 Å². The average Bonchev–Trinajstić information content (AvgIpc) is 3.24. The lowest BCUT2D eigenvalue weighted by Crippen LogP contribution is -2.37. The van der Waals surface area contributed by atoms with E-state index in [9.17, 15) is 14.3 Å². The molecule has 0 N–H and O–H groups in total. The van der Waals surface area contributed by atoms with Gasteiger partial charge in [0.25, 0.3) is 7.82 Å². The molecule has 0 heterocycles. The van der Waals surface area contributed by atoms with Crippen molar-refractivity contribution in [2.45, 2.75) is 225 Å². The zero-order chi connectivity index (χ0) is 46.2. The number of unbranched alkanes of at least 4 members (excludes halogenated alkanes) is 24. The van der Waals surface area contributed by atoms with Gasteiger partial charge in [0.2, 0.25) is 0 Å². The Morgan fingerprint density at radius 1 is 0.492 bits per heavy atom. The first-order valence-corrected chi connectivity index (χ1v) is 27.5. The summed E-state index contributed by atoms with van der Waals surface area (Å²) in [5, 5.41) is 0. The van der Waals surface area contributed by atoms with E-state index in [1.165, 1.54) is 141 Å². The summed E-state index contributed by atoms with van der Waals surface area (Å²) in [6, 6.07) is 0. The van der Waals surface area contributed by atoms with Gasteiger partial charge in [-0.05, 0) is 83.5 Å². The number of esters is 1. The number of phosphoric acid groups is 1. The molecule has 0 rings (SSSR count). The molecule has 0 saturated heterocycles. The molecule has 0 amide bonds.